The number of nitrogens with one attached hydrogen (secondary N) is 2. The van der Waals surface area contributed by atoms with Crippen LogP contribution in [-0.4, -0.2) is 16.0 Å². The Hall–Kier alpha value is -2.85. The summed E-state index contributed by atoms with van der Waals surface area (Å²) >= 11 is 1.95. The van der Waals surface area contributed by atoms with Crippen molar-refractivity contribution >= 4 is 27.1 Å². The topological polar surface area (TPSA) is 40.7 Å². The molecule has 0 spiro atoms. The van der Waals surface area contributed by atoms with Crippen LogP contribution in [0, 0.1) is 5.92 Å². The van der Waals surface area contributed by atoms with Crippen LogP contribution in [0.5, 0.6) is 0 Å². The number of aryl methyl sites for hydroxylation is 3. The zero-order chi connectivity index (χ0) is 25.1. The molecule has 6 rings (SSSR count). The summed E-state index contributed by atoms with van der Waals surface area (Å²) in [6, 6.07) is 14.6. The summed E-state index contributed by atoms with van der Waals surface area (Å²) in [6.45, 7) is 13.6. The number of hydrogen-bond donors (Lipinski definition) is 2. The molecule has 2 aromatic carbocycles. The Labute approximate surface area is 219 Å². The number of H-pyrrole nitrogens is 1. The lowest BCUT2D eigenvalue weighted by Gasteiger charge is -2.28. The fourth-order valence-electron chi connectivity index (χ4n) is 5.60. The van der Waals surface area contributed by atoms with Crippen molar-refractivity contribution in [3.63, 3.8) is 0 Å². The Kier molecular flexibility index (Phi) is 5.83. The van der Waals surface area contributed by atoms with E-state index in [0.717, 1.165) is 31.5 Å². The van der Waals surface area contributed by atoms with E-state index in [0.29, 0.717) is 17.9 Å². The zero-order valence-electron chi connectivity index (χ0n) is 22.4. The summed E-state index contributed by atoms with van der Waals surface area (Å²) < 4.78 is 1.43. The van der Waals surface area contributed by atoms with E-state index in [-0.39, 0.29) is 0 Å². The molecule has 0 fully saturated rings. The van der Waals surface area contributed by atoms with Crippen LogP contribution in [0.1, 0.15) is 82.1 Å². The second-order valence-corrected chi connectivity index (χ2v) is 12.5. The van der Waals surface area contributed by atoms with Gasteiger partial charge in [0.25, 0.3) is 0 Å². The lowest BCUT2D eigenvalue weighted by atomic mass is 9.87. The SMILES string of the molecule is CC1=C(NC(C)C(C)C)c2ccc(-c3cc4ccc5c(c4s3)CCc3[nH]c(C(C)C)nc3-5)cc2CC1. The molecule has 0 amide bonds. The van der Waals surface area contributed by atoms with Gasteiger partial charge in [-0.1, -0.05) is 52.0 Å². The van der Waals surface area contributed by atoms with Gasteiger partial charge in [0, 0.05) is 44.1 Å². The van der Waals surface area contributed by atoms with E-state index >= 15 is 0 Å². The van der Waals surface area contributed by atoms with Crippen LogP contribution in [0.25, 0.3) is 37.5 Å². The number of hydrogen-bond acceptors (Lipinski definition) is 3. The highest BCUT2D eigenvalue weighted by atomic mass is 32.1. The predicted octanol–water partition coefficient (Wildman–Crippen LogP) is 8.49. The molecule has 2 aliphatic rings. The van der Waals surface area contributed by atoms with Gasteiger partial charge in [-0.25, -0.2) is 4.98 Å². The van der Waals surface area contributed by atoms with Crippen LogP contribution in [0.4, 0.5) is 0 Å². The first-order chi connectivity index (χ1) is 17.3. The predicted molar refractivity (Wildman–Crippen MR) is 155 cm³/mol. The van der Waals surface area contributed by atoms with Crippen LogP contribution in [0.2, 0.25) is 0 Å². The highest BCUT2D eigenvalue weighted by Crippen LogP contribution is 2.43. The Balaban J connectivity index is 1.37. The molecular weight excluding hydrogens is 458 g/mol. The molecule has 1 atom stereocenters. The molecule has 2 N–H and O–H groups in total. The molecule has 1 unspecified atom stereocenters. The van der Waals surface area contributed by atoms with Gasteiger partial charge >= 0.3 is 0 Å². The molecule has 0 radical (unpaired) electrons. The Morgan fingerprint density at radius 1 is 0.917 bits per heavy atom. The number of thiophene rings is 1. The molecule has 2 heterocycles. The van der Waals surface area contributed by atoms with E-state index in [9.17, 15) is 0 Å². The number of imidazole rings is 1. The Bertz CT molecular complexity index is 1500. The van der Waals surface area contributed by atoms with Gasteiger partial charge < -0.3 is 10.3 Å². The third-order valence-electron chi connectivity index (χ3n) is 8.24. The summed E-state index contributed by atoms with van der Waals surface area (Å²) in [4.78, 5) is 9.95. The van der Waals surface area contributed by atoms with Crippen LogP contribution < -0.4 is 5.32 Å². The van der Waals surface area contributed by atoms with E-state index in [4.69, 9.17) is 4.98 Å². The van der Waals surface area contributed by atoms with Gasteiger partial charge in [0.15, 0.2) is 0 Å². The van der Waals surface area contributed by atoms with Crippen molar-refractivity contribution in [1.82, 2.24) is 15.3 Å². The highest BCUT2D eigenvalue weighted by Gasteiger charge is 2.24. The molecule has 2 aliphatic carbocycles. The lowest BCUT2D eigenvalue weighted by Crippen LogP contribution is -2.31. The molecule has 0 aliphatic heterocycles. The van der Waals surface area contributed by atoms with Gasteiger partial charge in [0.2, 0.25) is 0 Å². The maximum absolute atomic E-state index is 4.99. The first-order valence-corrected chi connectivity index (χ1v) is 14.4. The smallest absolute Gasteiger partial charge is 0.109 e. The van der Waals surface area contributed by atoms with Crippen molar-refractivity contribution in [3.05, 3.63) is 70.2 Å². The normalized spacial score (nSPS) is 15.9. The number of benzene rings is 2. The quantitative estimate of drug-likeness (QED) is 0.291. The molecule has 2 aromatic heterocycles. The second kappa shape index (κ2) is 8.92. The molecule has 0 bridgehead atoms. The number of nitrogens with zero attached hydrogens (tertiary/aromatic N) is 1. The second-order valence-electron chi connectivity index (χ2n) is 11.4. The first kappa shape index (κ1) is 23.5. The number of allylic oxidation sites excluding steroid dienone is 1. The average Bonchev–Trinajstić information content (AvgIpc) is 3.50. The largest absolute Gasteiger partial charge is 0.382 e. The molecule has 186 valence electrons. The van der Waals surface area contributed by atoms with E-state index in [1.807, 2.05) is 11.3 Å². The average molecular weight is 496 g/mol. The molecule has 0 saturated carbocycles. The monoisotopic (exact) mass is 495 g/mol. The minimum Gasteiger partial charge on any atom is -0.382 e. The molecule has 36 heavy (non-hydrogen) atoms. The first-order valence-electron chi connectivity index (χ1n) is 13.5. The third kappa shape index (κ3) is 3.91. The zero-order valence-corrected chi connectivity index (χ0v) is 23.2. The van der Waals surface area contributed by atoms with Crippen LogP contribution >= 0.6 is 11.3 Å². The molecule has 4 heteroatoms. The summed E-state index contributed by atoms with van der Waals surface area (Å²) in [7, 11) is 0. The van der Waals surface area contributed by atoms with Crippen molar-refractivity contribution in [2.75, 3.05) is 0 Å². The molecule has 0 saturated heterocycles. The van der Waals surface area contributed by atoms with Gasteiger partial charge in [0.05, 0.1) is 5.69 Å². The van der Waals surface area contributed by atoms with Crippen LogP contribution in [0.3, 0.4) is 0 Å². The van der Waals surface area contributed by atoms with E-state index in [1.54, 1.807) is 0 Å². The lowest BCUT2D eigenvalue weighted by molar-refractivity contribution is 0.478. The van der Waals surface area contributed by atoms with E-state index in [2.05, 4.69) is 88.2 Å². The standard InChI is InChI=1S/C32H37N3S/c1-17(2)20(6)33-29-19(5)7-8-21-15-22(9-11-24(21)29)28-16-23-10-12-25-26(31(23)36-28)13-14-27-30(25)35-32(34-27)18(3)4/h9-12,15-18,20,33H,7-8,13-14H2,1-6H3,(H,34,35). The van der Waals surface area contributed by atoms with Crippen molar-refractivity contribution in [2.24, 2.45) is 5.92 Å². The van der Waals surface area contributed by atoms with Crippen molar-refractivity contribution < 1.29 is 0 Å². The minimum atomic E-state index is 0.420. The summed E-state index contributed by atoms with van der Waals surface area (Å²) in [5, 5.41) is 5.19. The number of aromatic amines is 1. The number of aromatic nitrogens is 2. The van der Waals surface area contributed by atoms with Gasteiger partial charge in [0.1, 0.15) is 5.82 Å². The Morgan fingerprint density at radius 3 is 2.50 bits per heavy atom. The number of fused-ring (bicyclic) bond motifs is 6. The van der Waals surface area contributed by atoms with E-state index < -0.39 is 0 Å². The Morgan fingerprint density at radius 2 is 1.72 bits per heavy atom. The number of rotatable bonds is 5. The highest BCUT2D eigenvalue weighted by molar-refractivity contribution is 7.22. The van der Waals surface area contributed by atoms with Gasteiger partial charge in [-0.15, -0.1) is 11.3 Å². The molecule has 3 nitrogen and oxygen atoms in total. The van der Waals surface area contributed by atoms with Crippen molar-refractivity contribution in [1.29, 1.82) is 0 Å². The summed E-state index contributed by atoms with van der Waals surface area (Å²) in [5.41, 5.74) is 12.3. The van der Waals surface area contributed by atoms with Crippen LogP contribution in [0.15, 0.2) is 42.0 Å². The van der Waals surface area contributed by atoms with Gasteiger partial charge in [-0.2, -0.15) is 0 Å². The summed E-state index contributed by atoms with van der Waals surface area (Å²) in [6.07, 6.45) is 4.38. The van der Waals surface area contributed by atoms with Gasteiger partial charge in [-0.3, -0.25) is 0 Å². The fourth-order valence-corrected chi connectivity index (χ4v) is 6.83. The van der Waals surface area contributed by atoms with Crippen LogP contribution in [-0.2, 0) is 19.3 Å². The fraction of sp³-hybridized carbons (Fsp3) is 0.406. The molecular formula is C32H37N3S. The molecule has 4 aromatic rings. The van der Waals surface area contributed by atoms with Gasteiger partial charge in [-0.05, 0) is 85.2 Å². The maximum Gasteiger partial charge on any atom is 0.109 e. The summed E-state index contributed by atoms with van der Waals surface area (Å²) in [5.74, 6) is 2.13. The maximum atomic E-state index is 4.99. The minimum absolute atomic E-state index is 0.420. The van der Waals surface area contributed by atoms with E-state index in [1.165, 1.54) is 65.4 Å². The van der Waals surface area contributed by atoms with Crippen molar-refractivity contribution in [3.8, 4) is 21.7 Å². The van der Waals surface area contributed by atoms with Crippen molar-refractivity contribution in [2.45, 2.75) is 79.2 Å². The third-order valence-corrected chi connectivity index (χ3v) is 9.50.